The van der Waals surface area contributed by atoms with Crippen LogP contribution >= 0.6 is 0 Å². The number of hydrogen-bond acceptors (Lipinski definition) is 6. The van der Waals surface area contributed by atoms with Gasteiger partial charge in [0.15, 0.2) is 0 Å². The summed E-state index contributed by atoms with van der Waals surface area (Å²) in [5, 5.41) is 6.74. The predicted molar refractivity (Wildman–Crippen MR) is 109 cm³/mol. The van der Waals surface area contributed by atoms with Crippen LogP contribution in [0.4, 0.5) is 0 Å². The second-order valence-corrected chi connectivity index (χ2v) is 6.98. The molecule has 1 N–H and O–H groups in total. The maximum Gasteiger partial charge on any atom is 0.251 e. The molecular formula is C22H22N4O4. The second kappa shape index (κ2) is 8.77. The minimum Gasteiger partial charge on any atom is -0.497 e. The van der Waals surface area contributed by atoms with Crippen LogP contribution in [0.5, 0.6) is 5.75 Å². The summed E-state index contributed by atoms with van der Waals surface area (Å²) in [6.07, 6.45) is 1.58. The molecule has 0 radical (unpaired) electrons. The highest BCUT2D eigenvalue weighted by atomic mass is 16.5. The van der Waals surface area contributed by atoms with Gasteiger partial charge in [0.2, 0.25) is 17.6 Å². The van der Waals surface area contributed by atoms with E-state index in [4.69, 9.17) is 9.26 Å². The van der Waals surface area contributed by atoms with Crippen LogP contribution < -0.4 is 10.1 Å². The number of carbonyl (C=O) groups is 2. The summed E-state index contributed by atoms with van der Waals surface area (Å²) >= 11 is 0. The molecule has 8 nitrogen and oxygen atoms in total. The van der Waals surface area contributed by atoms with Gasteiger partial charge in [0.25, 0.3) is 5.91 Å². The molecule has 1 atom stereocenters. The first-order valence-electron chi connectivity index (χ1n) is 9.76. The first-order chi connectivity index (χ1) is 14.7. The van der Waals surface area contributed by atoms with Crippen molar-refractivity contribution < 1.29 is 18.8 Å². The third-order valence-electron chi connectivity index (χ3n) is 5.08. The number of nitrogens with one attached hydrogen (secondary N) is 1. The van der Waals surface area contributed by atoms with E-state index >= 15 is 0 Å². The molecular weight excluding hydrogens is 384 g/mol. The molecule has 4 rings (SSSR count). The number of rotatable bonds is 6. The lowest BCUT2D eigenvalue weighted by atomic mass is 10.2. The maximum atomic E-state index is 12.7. The number of ether oxygens (including phenoxy) is 1. The molecule has 0 saturated carbocycles. The van der Waals surface area contributed by atoms with Crippen molar-refractivity contribution in [1.82, 2.24) is 20.4 Å². The van der Waals surface area contributed by atoms with Gasteiger partial charge >= 0.3 is 0 Å². The Morgan fingerprint density at radius 1 is 1.17 bits per heavy atom. The molecule has 0 spiro atoms. The van der Waals surface area contributed by atoms with Crippen molar-refractivity contribution in [3.63, 3.8) is 0 Å². The van der Waals surface area contributed by atoms with Crippen molar-refractivity contribution in [3.8, 4) is 17.1 Å². The van der Waals surface area contributed by atoms with Crippen molar-refractivity contribution in [2.75, 3.05) is 20.2 Å². The Balaban J connectivity index is 1.41. The van der Waals surface area contributed by atoms with E-state index in [0.717, 1.165) is 24.2 Å². The summed E-state index contributed by atoms with van der Waals surface area (Å²) in [6, 6.07) is 15.9. The van der Waals surface area contributed by atoms with Crippen molar-refractivity contribution in [1.29, 1.82) is 0 Å². The maximum absolute atomic E-state index is 12.7. The number of amides is 2. The fourth-order valence-corrected chi connectivity index (χ4v) is 3.50. The van der Waals surface area contributed by atoms with E-state index in [9.17, 15) is 9.59 Å². The average Bonchev–Trinajstić information content (AvgIpc) is 3.47. The summed E-state index contributed by atoms with van der Waals surface area (Å²) in [5.41, 5.74) is 1.32. The number of hydrogen-bond donors (Lipinski definition) is 1. The molecule has 3 aromatic rings. The first kappa shape index (κ1) is 19.6. The molecule has 154 valence electrons. The van der Waals surface area contributed by atoms with Gasteiger partial charge in [-0.3, -0.25) is 9.59 Å². The molecule has 1 saturated heterocycles. The number of carbonyl (C=O) groups excluding carboxylic acids is 2. The van der Waals surface area contributed by atoms with Crippen LogP contribution in [0.2, 0.25) is 0 Å². The van der Waals surface area contributed by atoms with Gasteiger partial charge in [-0.2, -0.15) is 4.98 Å². The largest absolute Gasteiger partial charge is 0.497 e. The molecule has 1 fully saturated rings. The molecule has 2 heterocycles. The summed E-state index contributed by atoms with van der Waals surface area (Å²) in [5.74, 6) is 1.16. The Bertz CT molecular complexity index is 1020. The van der Waals surface area contributed by atoms with Gasteiger partial charge in [0.1, 0.15) is 11.8 Å². The molecule has 2 amide bonds. The van der Waals surface area contributed by atoms with Crippen molar-refractivity contribution in [3.05, 3.63) is 66.1 Å². The highest BCUT2D eigenvalue weighted by molar-refractivity contribution is 5.96. The third kappa shape index (κ3) is 4.17. The standard InChI is InChI=1S/C22H22N4O4/c1-29-17-11-9-15(10-12-17)20-24-22(30-25-20)18-8-5-13-26(18)19(27)14-23-21(28)16-6-3-2-4-7-16/h2-4,6-7,9-12,18H,5,8,13-14H2,1H3,(H,23,28)/t18-/m0/s1. The number of aromatic nitrogens is 2. The Kier molecular flexibility index (Phi) is 5.74. The Hall–Kier alpha value is -3.68. The summed E-state index contributed by atoms with van der Waals surface area (Å²) < 4.78 is 10.6. The van der Waals surface area contributed by atoms with Crippen LogP contribution in [-0.2, 0) is 4.79 Å². The van der Waals surface area contributed by atoms with E-state index in [1.807, 2.05) is 30.3 Å². The van der Waals surface area contributed by atoms with Gasteiger partial charge in [0.05, 0.1) is 13.7 Å². The van der Waals surface area contributed by atoms with E-state index in [0.29, 0.717) is 23.8 Å². The van der Waals surface area contributed by atoms with Crippen molar-refractivity contribution in [2.24, 2.45) is 0 Å². The van der Waals surface area contributed by atoms with Gasteiger partial charge in [-0.15, -0.1) is 0 Å². The lowest BCUT2D eigenvalue weighted by Gasteiger charge is -2.22. The zero-order valence-electron chi connectivity index (χ0n) is 16.6. The normalized spacial score (nSPS) is 15.8. The minimum absolute atomic E-state index is 0.0797. The fraction of sp³-hybridized carbons (Fsp3) is 0.273. The Labute approximate surface area is 173 Å². The molecule has 1 aromatic heterocycles. The van der Waals surface area contributed by atoms with Crippen LogP contribution in [0, 0.1) is 0 Å². The first-order valence-corrected chi connectivity index (χ1v) is 9.76. The van der Waals surface area contributed by atoms with Gasteiger partial charge < -0.3 is 19.5 Å². The van der Waals surface area contributed by atoms with Crippen LogP contribution in [0.15, 0.2) is 59.1 Å². The Morgan fingerprint density at radius 3 is 2.67 bits per heavy atom. The number of nitrogens with zero attached hydrogens (tertiary/aromatic N) is 3. The Morgan fingerprint density at radius 2 is 1.93 bits per heavy atom. The molecule has 0 unspecified atom stereocenters. The van der Waals surface area contributed by atoms with Crippen LogP contribution in [0.25, 0.3) is 11.4 Å². The zero-order chi connectivity index (χ0) is 20.9. The smallest absolute Gasteiger partial charge is 0.251 e. The average molecular weight is 406 g/mol. The van der Waals surface area contributed by atoms with Gasteiger partial charge in [-0.05, 0) is 49.2 Å². The number of likely N-dealkylation sites (tertiary alicyclic amines) is 1. The van der Waals surface area contributed by atoms with E-state index < -0.39 is 0 Å². The van der Waals surface area contributed by atoms with Crippen LogP contribution in [0.1, 0.15) is 35.1 Å². The SMILES string of the molecule is COc1ccc(-c2noc([C@@H]3CCCN3C(=O)CNC(=O)c3ccccc3)n2)cc1. The third-order valence-corrected chi connectivity index (χ3v) is 5.08. The topological polar surface area (TPSA) is 97.6 Å². The quantitative estimate of drug-likeness (QED) is 0.676. The number of benzene rings is 2. The van der Waals surface area contributed by atoms with Gasteiger partial charge in [0, 0.05) is 17.7 Å². The predicted octanol–water partition coefficient (Wildman–Crippen LogP) is 2.84. The molecule has 8 heteroatoms. The highest BCUT2D eigenvalue weighted by Crippen LogP contribution is 2.32. The van der Waals surface area contributed by atoms with Gasteiger partial charge in [-0.25, -0.2) is 0 Å². The summed E-state index contributed by atoms with van der Waals surface area (Å²) in [4.78, 5) is 31.1. The molecule has 1 aliphatic heterocycles. The summed E-state index contributed by atoms with van der Waals surface area (Å²) in [7, 11) is 1.61. The monoisotopic (exact) mass is 406 g/mol. The van der Waals surface area contributed by atoms with E-state index in [1.54, 1.807) is 36.3 Å². The van der Waals surface area contributed by atoms with Gasteiger partial charge in [-0.1, -0.05) is 23.4 Å². The fourth-order valence-electron chi connectivity index (χ4n) is 3.50. The summed E-state index contributed by atoms with van der Waals surface area (Å²) in [6.45, 7) is 0.509. The van der Waals surface area contributed by atoms with E-state index in [2.05, 4.69) is 15.5 Å². The van der Waals surface area contributed by atoms with E-state index in [1.165, 1.54) is 0 Å². The van der Waals surface area contributed by atoms with Crippen molar-refractivity contribution >= 4 is 11.8 Å². The second-order valence-electron chi connectivity index (χ2n) is 6.98. The van der Waals surface area contributed by atoms with Crippen molar-refractivity contribution in [2.45, 2.75) is 18.9 Å². The lowest BCUT2D eigenvalue weighted by Crippen LogP contribution is -2.39. The zero-order valence-corrected chi connectivity index (χ0v) is 16.6. The molecule has 30 heavy (non-hydrogen) atoms. The minimum atomic E-state index is -0.286. The van der Waals surface area contributed by atoms with Crippen LogP contribution in [0.3, 0.4) is 0 Å². The number of methoxy groups -OCH3 is 1. The highest BCUT2D eigenvalue weighted by Gasteiger charge is 2.34. The van der Waals surface area contributed by atoms with E-state index in [-0.39, 0.29) is 24.4 Å². The molecule has 2 aromatic carbocycles. The molecule has 0 aliphatic carbocycles. The molecule has 0 bridgehead atoms. The van der Waals surface area contributed by atoms with Crippen LogP contribution in [-0.4, -0.2) is 47.1 Å². The molecule has 1 aliphatic rings. The lowest BCUT2D eigenvalue weighted by molar-refractivity contribution is -0.131.